The number of fused-ring (bicyclic) bond motifs is 1. The molecule has 4 rings (SSSR count). The fourth-order valence-electron chi connectivity index (χ4n) is 3.49. The van der Waals surface area contributed by atoms with Crippen LogP contribution >= 0.6 is 0 Å². The standard InChI is InChI=1S/C20H20F2N4O3/c1-26-17(19(28)24-20(11-27)9-15(20)18(21)22)14-8-13(5-6-16(14)25-26)29-10-12-4-2-3-7-23-12/h2-8,15,18,27H,9-11H2,1H3,(H,24,28)/t15-,20+/m0/s1. The van der Waals surface area contributed by atoms with Gasteiger partial charge in [0.2, 0.25) is 6.43 Å². The first-order chi connectivity index (χ1) is 13.9. The van der Waals surface area contributed by atoms with Gasteiger partial charge in [-0.15, -0.1) is 0 Å². The summed E-state index contributed by atoms with van der Waals surface area (Å²) in [5.41, 5.74) is 0.265. The number of amides is 1. The van der Waals surface area contributed by atoms with E-state index in [0.717, 1.165) is 5.69 Å². The van der Waals surface area contributed by atoms with Crippen LogP contribution in [0.1, 0.15) is 22.6 Å². The molecule has 0 saturated heterocycles. The molecular formula is C20H20F2N4O3. The lowest BCUT2D eigenvalue weighted by Gasteiger charge is -2.17. The van der Waals surface area contributed by atoms with Crippen LogP contribution in [0.5, 0.6) is 5.75 Å². The number of aromatic nitrogens is 3. The second kappa shape index (κ2) is 7.40. The van der Waals surface area contributed by atoms with Gasteiger partial charge in [-0.1, -0.05) is 6.07 Å². The van der Waals surface area contributed by atoms with E-state index in [1.807, 2.05) is 18.2 Å². The van der Waals surface area contributed by atoms with Crippen LogP contribution in [-0.2, 0) is 13.7 Å². The number of pyridine rings is 1. The SMILES string of the molecule is Cn1nc2ccc(OCc3ccccn3)cc2c1C(=O)N[C@@]1(CO)C[C@H]1C(F)F. The number of benzene rings is 1. The first-order valence-corrected chi connectivity index (χ1v) is 9.14. The zero-order valence-corrected chi connectivity index (χ0v) is 15.7. The molecule has 9 heteroatoms. The molecule has 0 aliphatic heterocycles. The van der Waals surface area contributed by atoms with Gasteiger partial charge in [-0.3, -0.25) is 14.5 Å². The molecule has 3 aromatic rings. The number of nitrogens with one attached hydrogen (secondary N) is 1. The molecule has 1 saturated carbocycles. The molecule has 2 heterocycles. The highest BCUT2D eigenvalue weighted by atomic mass is 19.3. The van der Waals surface area contributed by atoms with Gasteiger partial charge < -0.3 is 15.2 Å². The Hall–Kier alpha value is -3.07. The van der Waals surface area contributed by atoms with Gasteiger partial charge in [0.15, 0.2) is 0 Å². The van der Waals surface area contributed by atoms with Crippen LogP contribution in [0.2, 0.25) is 0 Å². The number of ether oxygens (including phenoxy) is 1. The van der Waals surface area contributed by atoms with Gasteiger partial charge in [-0.2, -0.15) is 5.10 Å². The highest BCUT2D eigenvalue weighted by molar-refractivity contribution is 6.05. The average Bonchev–Trinajstić information content (AvgIpc) is 3.34. The Bertz CT molecular complexity index is 1040. The Balaban J connectivity index is 1.57. The molecule has 0 unspecified atom stereocenters. The maximum atomic E-state index is 13.0. The number of carbonyl (C=O) groups excluding carboxylic acids is 1. The van der Waals surface area contributed by atoms with Gasteiger partial charge in [-0.05, 0) is 36.8 Å². The zero-order valence-electron chi connectivity index (χ0n) is 15.7. The Morgan fingerprint density at radius 1 is 1.41 bits per heavy atom. The number of aryl methyl sites for hydroxylation is 1. The second-order valence-corrected chi connectivity index (χ2v) is 7.17. The summed E-state index contributed by atoms with van der Waals surface area (Å²) < 4.78 is 33.2. The number of rotatable bonds is 7. The largest absolute Gasteiger partial charge is 0.487 e. The van der Waals surface area contributed by atoms with Crippen LogP contribution in [0, 0.1) is 5.92 Å². The van der Waals surface area contributed by atoms with E-state index in [9.17, 15) is 18.7 Å². The molecule has 2 atom stereocenters. The number of aliphatic hydroxyl groups is 1. The summed E-state index contributed by atoms with van der Waals surface area (Å²) in [4.78, 5) is 17.0. The normalized spacial score (nSPS) is 20.8. The van der Waals surface area contributed by atoms with Crippen LogP contribution in [0.3, 0.4) is 0 Å². The van der Waals surface area contributed by atoms with Gasteiger partial charge >= 0.3 is 0 Å². The minimum atomic E-state index is -2.60. The molecule has 2 aromatic heterocycles. The van der Waals surface area contributed by atoms with Gasteiger partial charge in [-0.25, -0.2) is 8.78 Å². The van der Waals surface area contributed by atoms with E-state index >= 15 is 0 Å². The molecule has 1 fully saturated rings. The van der Waals surface area contributed by atoms with Crippen molar-refractivity contribution >= 4 is 16.8 Å². The minimum absolute atomic E-state index is 0.0428. The summed E-state index contributed by atoms with van der Waals surface area (Å²) >= 11 is 0. The molecule has 2 N–H and O–H groups in total. The zero-order chi connectivity index (χ0) is 20.6. The van der Waals surface area contributed by atoms with Crippen molar-refractivity contribution in [1.29, 1.82) is 0 Å². The number of hydrogen-bond donors (Lipinski definition) is 2. The smallest absolute Gasteiger partial charge is 0.270 e. The topological polar surface area (TPSA) is 89.3 Å². The van der Waals surface area contributed by atoms with Crippen LogP contribution in [0.4, 0.5) is 8.78 Å². The summed E-state index contributed by atoms with van der Waals surface area (Å²) in [6.07, 6.45) is -0.883. The van der Waals surface area contributed by atoms with Crippen molar-refractivity contribution in [3.05, 3.63) is 54.0 Å². The molecular weight excluding hydrogens is 382 g/mol. The van der Waals surface area contributed by atoms with Crippen molar-refractivity contribution in [3.8, 4) is 5.75 Å². The molecule has 1 amide bonds. The van der Waals surface area contributed by atoms with Crippen molar-refractivity contribution in [2.24, 2.45) is 13.0 Å². The molecule has 0 spiro atoms. The summed E-state index contributed by atoms with van der Waals surface area (Å²) in [6.45, 7) is -0.278. The summed E-state index contributed by atoms with van der Waals surface area (Å²) in [6, 6.07) is 10.7. The molecule has 1 aliphatic rings. The molecule has 1 aromatic carbocycles. The molecule has 0 radical (unpaired) electrons. The summed E-state index contributed by atoms with van der Waals surface area (Å²) in [5, 5.41) is 16.9. The van der Waals surface area contributed by atoms with Gasteiger partial charge in [0, 0.05) is 24.5 Å². The van der Waals surface area contributed by atoms with Crippen LogP contribution in [-0.4, -0.2) is 44.3 Å². The number of aliphatic hydroxyl groups excluding tert-OH is 1. The third kappa shape index (κ3) is 3.65. The quantitative estimate of drug-likeness (QED) is 0.633. The maximum Gasteiger partial charge on any atom is 0.270 e. The maximum absolute atomic E-state index is 13.0. The van der Waals surface area contributed by atoms with Gasteiger partial charge in [0.25, 0.3) is 5.91 Å². The van der Waals surface area contributed by atoms with Crippen molar-refractivity contribution < 1.29 is 23.4 Å². The monoisotopic (exact) mass is 402 g/mol. The Kier molecular flexibility index (Phi) is 4.91. The lowest BCUT2D eigenvalue weighted by atomic mass is 10.1. The number of carbonyl (C=O) groups is 1. The fraction of sp³-hybridized carbons (Fsp3) is 0.350. The molecule has 29 heavy (non-hydrogen) atoms. The molecule has 0 bridgehead atoms. The lowest BCUT2D eigenvalue weighted by molar-refractivity contribution is 0.0789. The van der Waals surface area contributed by atoms with Gasteiger partial charge in [0.1, 0.15) is 18.1 Å². The van der Waals surface area contributed by atoms with Crippen molar-refractivity contribution in [1.82, 2.24) is 20.1 Å². The van der Waals surface area contributed by atoms with Crippen LogP contribution < -0.4 is 10.1 Å². The van der Waals surface area contributed by atoms with Gasteiger partial charge in [0.05, 0.1) is 23.4 Å². The number of hydrogen-bond acceptors (Lipinski definition) is 5. The third-order valence-corrected chi connectivity index (χ3v) is 5.22. The average molecular weight is 402 g/mol. The van der Waals surface area contributed by atoms with Crippen molar-refractivity contribution in [2.45, 2.75) is 25.0 Å². The van der Waals surface area contributed by atoms with E-state index in [-0.39, 0.29) is 18.7 Å². The van der Waals surface area contributed by atoms with E-state index < -0.39 is 30.4 Å². The van der Waals surface area contributed by atoms with E-state index in [1.54, 1.807) is 31.4 Å². The lowest BCUT2D eigenvalue weighted by Crippen LogP contribution is -2.43. The Morgan fingerprint density at radius 3 is 2.90 bits per heavy atom. The third-order valence-electron chi connectivity index (χ3n) is 5.22. The van der Waals surface area contributed by atoms with E-state index in [2.05, 4.69) is 15.4 Å². The second-order valence-electron chi connectivity index (χ2n) is 7.17. The fourth-order valence-corrected chi connectivity index (χ4v) is 3.49. The number of halogens is 2. The van der Waals surface area contributed by atoms with E-state index in [1.165, 1.54) is 4.68 Å². The summed E-state index contributed by atoms with van der Waals surface area (Å²) in [7, 11) is 1.60. The van der Waals surface area contributed by atoms with Crippen LogP contribution in [0.15, 0.2) is 42.6 Å². The predicted molar refractivity (Wildman–Crippen MR) is 101 cm³/mol. The molecule has 152 valence electrons. The van der Waals surface area contributed by atoms with Crippen LogP contribution in [0.25, 0.3) is 10.9 Å². The highest BCUT2D eigenvalue weighted by Gasteiger charge is 2.59. The number of alkyl halides is 2. The first kappa shape index (κ1) is 19.3. The Labute approximate surface area is 165 Å². The molecule has 1 aliphatic carbocycles. The number of nitrogens with zero attached hydrogens (tertiary/aromatic N) is 3. The minimum Gasteiger partial charge on any atom is -0.487 e. The van der Waals surface area contributed by atoms with E-state index in [0.29, 0.717) is 16.7 Å². The van der Waals surface area contributed by atoms with E-state index in [4.69, 9.17) is 4.74 Å². The summed E-state index contributed by atoms with van der Waals surface area (Å²) in [5.74, 6) is -1.08. The van der Waals surface area contributed by atoms with Crippen molar-refractivity contribution in [2.75, 3.05) is 6.61 Å². The van der Waals surface area contributed by atoms with Crippen molar-refractivity contribution in [3.63, 3.8) is 0 Å². The predicted octanol–water partition coefficient (Wildman–Crippen LogP) is 2.29. The highest BCUT2D eigenvalue weighted by Crippen LogP contribution is 2.47. The first-order valence-electron chi connectivity index (χ1n) is 9.14. The molecule has 7 nitrogen and oxygen atoms in total. The Morgan fingerprint density at radius 2 is 2.24 bits per heavy atom.